The second-order valence-corrected chi connectivity index (χ2v) is 5.32. The Kier molecular flexibility index (Phi) is 5.78. The van der Waals surface area contributed by atoms with Crippen molar-refractivity contribution >= 4 is 11.6 Å². The molecule has 0 radical (unpaired) electrons. The van der Waals surface area contributed by atoms with Gasteiger partial charge in [0.1, 0.15) is 5.76 Å². The summed E-state index contributed by atoms with van der Waals surface area (Å²) in [6, 6.07) is 9.93. The molecular formula is C18H24N2O2. The van der Waals surface area contributed by atoms with Crippen molar-refractivity contribution in [3.05, 3.63) is 53.5 Å². The summed E-state index contributed by atoms with van der Waals surface area (Å²) in [4.78, 5) is 12.2. The Morgan fingerprint density at radius 2 is 1.82 bits per heavy atom. The van der Waals surface area contributed by atoms with Crippen molar-refractivity contribution in [2.24, 2.45) is 0 Å². The molecule has 0 fully saturated rings. The van der Waals surface area contributed by atoms with Crippen LogP contribution in [0, 0.1) is 0 Å². The lowest BCUT2D eigenvalue weighted by Gasteiger charge is -2.16. The molecule has 4 heteroatoms. The maximum Gasteiger partial charge on any atom is 0.238 e. The van der Waals surface area contributed by atoms with Crippen LogP contribution in [0.25, 0.3) is 0 Å². The molecule has 4 nitrogen and oxygen atoms in total. The molecule has 1 aromatic carbocycles. The summed E-state index contributed by atoms with van der Waals surface area (Å²) in [5.41, 5.74) is 3.31. The zero-order valence-electron chi connectivity index (χ0n) is 13.5. The summed E-state index contributed by atoms with van der Waals surface area (Å²) in [5.74, 6) is 0.796. The summed E-state index contributed by atoms with van der Waals surface area (Å²) in [6.07, 6.45) is 3.44. The molecule has 0 bridgehead atoms. The summed E-state index contributed by atoms with van der Waals surface area (Å²) in [6.45, 7) is 6.43. The predicted molar refractivity (Wildman–Crippen MR) is 89.0 cm³/mol. The monoisotopic (exact) mass is 300 g/mol. The number of carbonyl (C=O) groups excluding carboxylic acids is 1. The van der Waals surface area contributed by atoms with E-state index in [1.807, 2.05) is 25.1 Å². The van der Waals surface area contributed by atoms with E-state index in [0.29, 0.717) is 0 Å². The minimum absolute atomic E-state index is 0.00724. The van der Waals surface area contributed by atoms with Gasteiger partial charge in [0, 0.05) is 5.69 Å². The Balaban J connectivity index is 1.97. The molecular weight excluding hydrogens is 276 g/mol. The van der Waals surface area contributed by atoms with Gasteiger partial charge in [-0.1, -0.05) is 32.0 Å². The Morgan fingerprint density at radius 3 is 2.36 bits per heavy atom. The molecule has 1 amide bonds. The van der Waals surface area contributed by atoms with E-state index in [-0.39, 0.29) is 18.5 Å². The maximum absolute atomic E-state index is 12.2. The van der Waals surface area contributed by atoms with Crippen LogP contribution in [0.2, 0.25) is 0 Å². The number of hydrogen-bond donors (Lipinski definition) is 2. The summed E-state index contributed by atoms with van der Waals surface area (Å²) in [5, 5.41) is 6.22. The van der Waals surface area contributed by atoms with E-state index in [1.54, 1.807) is 6.26 Å². The first-order chi connectivity index (χ1) is 10.7. The third-order valence-corrected chi connectivity index (χ3v) is 3.80. The number of benzene rings is 1. The molecule has 22 heavy (non-hydrogen) atoms. The van der Waals surface area contributed by atoms with Crippen molar-refractivity contribution in [1.29, 1.82) is 0 Å². The summed E-state index contributed by atoms with van der Waals surface area (Å²) < 4.78 is 5.32. The van der Waals surface area contributed by atoms with Gasteiger partial charge in [0.15, 0.2) is 0 Å². The number of anilines is 1. The third kappa shape index (κ3) is 3.98. The van der Waals surface area contributed by atoms with Gasteiger partial charge in [-0.05, 0) is 43.0 Å². The van der Waals surface area contributed by atoms with Crippen molar-refractivity contribution < 1.29 is 9.21 Å². The van der Waals surface area contributed by atoms with Crippen LogP contribution in [0.5, 0.6) is 0 Å². The smallest absolute Gasteiger partial charge is 0.238 e. The fourth-order valence-corrected chi connectivity index (χ4v) is 2.47. The Labute approximate surface area is 131 Å². The van der Waals surface area contributed by atoms with Gasteiger partial charge in [0.05, 0.1) is 18.8 Å². The van der Waals surface area contributed by atoms with E-state index in [0.717, 1.165) is 24.3 Å². The molecule has 1 heterocycles. The summed E-state index contributed by atoms with van der Waals surface area (Å²) in [7, 11) is 0. The van der Waals surface area contributed by atoms with E-state index in [4.69, 9.17) is 4.42 Å². The second kappa shape index (κ2) is 7.80. The molecule has 1 aromatic heterocycles. The van der Waals surface area contributed by atoms with E-state index in [1.165, 1.54) is 11.1 Å². The number of rotatable bonds is 7. The molecule has 2 rings (SSSR count). The highest BCUT2D eigenvalue weighted by atomic mass is 16.3. The highest BCUT2D eigenvalue weighted by Crippen LogP contribution is 2.22. The standard InChI is InChI=1S/C18H24N2O2/c1-4-14-8-6-9-15(5-2)18(14)20-17(21)12-19-13(3)16-10-7-11-22-16/h6-11,13,19H,4-5,12H2,1-3H3,(H,20,21)/t13-/m1/s1. The molecule has 0 aliphatic rings. The molecule has 0 saturated carbocycles. The maximum atomic E-state index is 12.2. The number of hydrogen-bond acceptors (Lipinski definition) is 3. The topological polar surface area (TPSA) is 54.3 Å². The van der Waals surface area contributed by atoms with Gasteiger partial charge in [0.25, 0.3) is 0 Å². The summed E-state index contributed by atoms with van der Waals surface area (Å²) >= 11 is 0. The van der Waals surface area contributed by atoms with Crippen LogP contribution in [0.3, 0.4) is 0 Å². The number of para-hydroxylation sites is 1. The number of furan rings is 1. The molecule has 0 aliphatic carbocycles. The van der Waals surface area contributed by atoms with E-state index < -0.39 is 0 Å². The molecule has 0 saturated heterocycles. The Hall–Kier alpha value is -2.07. The van der Waals surface area contributed by atoms with Crippen LogP contribution in [-0.2, 0) is 17.6 Å². The molecule has 118 valence electrons. The minimum Gasteiger partial charge on any atom is -0.468 e. The van der Waals surface area contributed by atoms with Gasteiger partial charge >= 0.3 is 0 Å². The van der Waals surface area contributed by atoms with Gasteiger partial charge in [-0.25, -0.2) is 0 Å². The van der Waals surface area contributed by atoms with Gasteiger partial charge in [-0.2, -0.15) is 0 Å². The van der Waals surface area contributed by atoms with Crippen molar-refractivity contribution in [2.75, 3.05) is 11.9 Å². The predicted octanol–water partition coefficient (Wildman–Crippen LogP) is 3.69. The van der Waals surface area contributed by atoms with Crippen molar-refractivity contribution in [2.45, 2.75) is 39.7 Å². The first-order valence-corrected chi connectivity index (χ1v) is 7.83. The quantitative estimate of drug-likeness (QED) is 0.820. The highest BCUT2D eigenvalue weighted by molar-refractivity contribution is 5.93. The van der Waals surface area contributed by atoms with Gasteiger partial charge in [-0.15, -0.1) is 0 Å². The number of carbonyl (C=O) groups is 1. The largest absolute Gasteiger partial charge is 0.468 e. The fourth-order valence-electron chi connectivity index (χ4n) is 2.47. The van der Waals surface area contributed by atoms with E-state index in [2.05, 4.69) is 36.6 Å². The van der Waals surface area contributed by atoms with Gasteiger partial charge < -0.3 is 9.73 Å². The Morgan fingerprint density at radius 1 is 1.14 bits per heavy atom. The van der Waals surface area contributed by atoms with Gasteiger partial charge in [-0.3, -0.25) is 10.1 Å². The molecule has 2 aromatic rings. The lowest BCUT2D eigenvalue weighted by Crippen LogP contribution is -2.30. The first-order valence-electron chi connectivity index (χ1n) is 7.83. The molecule has 0 spiro atoms. The van der Waals surface area contributed by atoms with Crippen LogP contribution >= 0.6 is 0 Å². The van der Waals surface area contributed by atoms with Crippen LogP contribution < -0.4 is 10.6 Å². The van der Waals surface area contributed by atoms with Crippen molar-refractivity contribution in [3.63, 3.8) is 0 Å². The van der Waals surface area contributed by atoms with Crippen molar-refractivity contribution in [1.82, 2.24) is 5.32 Å². The molecule has 2 N–H and O–H groups in total. The van der Waals surface area contributed by atoms with Crippen molar-refractivity contribution in [3.8, 4) is 0 Å². The van der Waals surface area contributed by atoms with Crippen LogP contribution in [-0.4, -0.2) is 12.5 Å². The third-order valence-electron chi connectivity index (χ3n) is 3.80. The molecule has 1 atom stereocenters. The zero-order valence-corrected chi connectivity index (χ0v) is 13.5. The van der Waals surface area contributed by atoms with Gasteiger partial charge in [0.2, 0.25) is 5.91 Å². The lowest BCUT2D eigenvalue weighted by molar-refractivity contribution is -0.115. The normalized spacial score (nSPS) is 12.1. The van der Waals surface area contributed by atoms with Crippen LogP contribution in [0.1, 0.15) is 43.7 Å². The number of nitrogens with one attached hydrogen (secondary N) is 2. The average molecular weight is 300 g/mol. The molecule has 0 aliphatic heterocycles. The number of amides is 1. The highest BCUT2D eigenvalue weighted by Gasteiger charge is 2.12. The second-order valence-electron chi connectivity index (χ2n) is 5.32. The Bertz CT molecular complexity index is 583. The van der Waals surface area contributed by atoms with Crippen LogP contribution in [0.15, 0.2) is 41.0 Å². The van der Waals surface area contributed by atoms with E-state index in [9.17, 15) is 4.79 Å². The lowest BCUT2D eigenvalue weighted by atomic mass is 10.0. The minimum atomic E-state index is -0.0333. The van der Waals surface area contributed by atoms with E-state index >= 15 is 0 Å². The first kappa shape index (κ1) is 16.3. The average Bonchev–Trinajstić information content (AvgIpc) is 3.07. The fraction of sp³-hybridized carbons (Fsp3) is 0.389. The van der Waals surface area contributed by atoms with Crippen LogP contribution in [0.4, 0.5) is 5.69 Å². The number of aryl methyl sites for hydroxylation is 2. The SMILES string of the molecule is CCc1cccc(CC)c1NC(=O)CN[C@H](C)c1ccco1. The zero-order chi connectivity index (χ0) is 15.9. The molecule has 0 unspecified atom stereocenters.